The normalized spacial score (nSPS) is 13.5. The van der Waals surface area contributed by atoms with Crippen LogP contribution in [0.3, 0.4) is 0 Å². The van der Waals surface area contributed by atoms with E-state index in [-0.39, 0.29) is 6.54 Å². The van der Waals surface area contributed by atoms with Gasteiger partial charge in [0.2, 0.25) is 0 Å². The Kier molecular flexibility index (Phi) is 3.04. The SMILES string of the molecule is Cc1csc(C(F)CN)c1Br. The second-order valence-corrected chi connectivity index (χ2v) is 4.00. The molecule has 1 atom stereocenters. The van der Waals surface area contributed by atoms with Gasteiger partial charge in [-0.3, -0.25) is 0 Å². The molecule has 4 heteroatoms. The summed E-state index contributed by atoms with van der Waals surface area (Å²) < 4.78 is 13.9. The number of hydrogen-bond donors (Lipinski definition) is 1. The molecule has 1 aromatic heterocycles. The van der Waals surface area contributed by atoms with Crippen molar-refractivity contribution in [1.82, 2.24) is 0 Å². The van der Waals surface area contributed by atoms with E-state index >= 15 is 0 Å². The maximum Gasteiger partial charge on any atom is 0.147 e. The molecule has 2 N–H and O–H groups in total. The lowest BCUT2D eigenvalue weighted by atomic mass is 10.3. The van der Waals surface area contributed by atoms with Crippen LogP contribution in [0, 0.1) is 6.92 Å². The molecule has 1 heterocycles. The summed E-state index contributed by atoms with van der Waals surface area (Å²) in [6, 6.07) is 0. The van der Waals surface area contributed by atoms with Gasteiger partial charge in [0.25, 0.3) is 0 Å². The van der Waals surface area contributed by atoms with Crippen LogP contribution in [0.1, 0.15) is 16.6 Å². The van der Waals surface area contributed by atoms with E-state index < -0.39 is 6.17 Å². The second-order valence-electron chi connectivity index (χ2n) is 2.30. The van der Waals surface area contributed by atoms with Crippen molar-refractivity contribution in [1.29, 1.82) is 0 Å². The molecule has 0 aromatic carbocycles. The summed E-state index contributed by atoms with van der Waals surface area (Å²) in [5, 5.41) is 1.92. The summed E-state index contributed by atoms with van der Waals surface area (Å²) in [5.74, 6) is 0. The minimum absolute atomic E-state index is 0.0541. The van der Waals surface area contributed by atoms with Gasteiger partial charge in [0.1, 0.15) is 6.17 Å². The first-order valence-electron chi connectivity index (χ1n) is 3.24. The van der Waals surface area contributed by atoms with E-state index in [2.05, 4.69) is 15.9 Å². The van der Waals surface area contributed by atoms with Gasteiger partial charge in [-0.1, -0.05) is 0 Å². The molecule has 0 spiro atoms. The molecule has 0 saturated heterocycles. The predicted octanol–water partition coefficient (Wildman–Crippen LogP) is 2.79. The van der Waals surface area contributed by atoms with Crippen LogP contribution in [0.25, 0.3) is 0 Å². The van der Waals surface area contributed by atoms with Crippen molar-refractivity contribution < 1.29 is 4.39 Å². The molecule has 0 saturated carbocycles. The molecular weight excluding hydrogens is 229 g/mol. The fourth-order valence-corrected chi connectivity index (χ4v) is 2.49. The van der Waals surface area contributed by atoms with E-state index in [0.29, 0.717) is 4.88 Å². The van der Waals surface area contributed by atoms with Crippen molar-refractivity contribution in [3.63, 3.8) is 0 Å². The number of alkyl halides is 1. The molecule has 0 amide bonds. The van der Waals surface area contributed by atoms with Crippen molar-refractivity contribution in [2.45, 2.75) is 13.1 Å². The topological polar surface area (TPSA) is 26.0 Å². The monoisotopic (exact) mass is 237 g/mol. The zero-order chi connectivity index (χ0) is 8.43. The van der Waals surface area contributed by atoms with Gasteiger partial charge in [-0.25, -0.2) is 4.39 Å². The summed E-state index contributed by atoms with van der Waals surface area (Å²) in [6.45, 7) is 1.99. The maximum atomic E-state index is 13.0. The highest BCUT2D eigenvalue weighted by atomic mass is 79.9. The summed E-state index contributed by atoms with van der Waals surface area (Å²) in [4.78, 5) is 0.699. The first-order valence-corrected chi connectivity index (χ1v) is 4.91. The van der Waals surface area contributed by atoms with Crippen LogP contribution in [0.2, 0.25) is 0 Å². The predicted molar refractivity (Wildman–Crippen MR) is 49.7 cm³/mol. The van der Waals surface area contributed by atoms with Crippen molar-refractivity contribution in [3.05, 3.63) is 20.3 Å². The van der Waals surface area contributed by atoms with E-state index in [1.165, 1.54) is 11.3 Å². The zero-order valence-corrected chi connectivity index (χ0v) is 8.51. The quantitative estimate of drug-likeness (QED) is 0.842. The van der Waals surface area contributed by atoms with E-state index in [1.54, 1.807) is 0 Å². The lowest BCUT2D eigenvalue weighted by Crippen LogP contribution is -2.06. The number of rotatable bonds is 2. The Hall–Kier alpha value is 0.0700. The third-order valence-electron chi connectivity index (χ3n) is 1.42. The average Bonchev–Trinajstić information content (AvgIpc) is 2.32. The zero-order valence-electron chi connectivity index (χ0n) is 6.10. The van der Waals surface area contributed by atoms with Crippen LogP contribution < -0.4 is 5.73 Å². The molecular formula is C7H9BrFNS. The number of nitrogens with two attached hydrogens (primary N) is 1. The van der Waals surface area contributed by atoms with Crippen molar-refractivity contribution >= 4 is 27.3 Å². The summed E-state index contributed by atoms with van der Waals surface area (Å²) in [6.07, 6.45) is -1.02. The maximum absolute atomic E-state index is 13.0. The Labute approximate surface area is 77.5 Å². The van der Waals surface area contributed by atoms with E-state index in [4.69, 9.17) is 5.73 Å². The standard InChI is InChI=1S/C7H9BrFNS/c1-4-3-11-7(6(4)8)5(9)2-10/h3,5H,2,10H2,1H3. The van der Waals surface area contributed by atoms with Crippen LogP contribution in [-0.2, 0) is 0 Å². The number of halogens is 2. The van der Waals surface area contributed by atoms with Gasteiger partial charge in [-0.05, 0) is 33.8 Å². The smallest absolute Gasteiger partial charge is 0.147 e. The number of thiophene rings is 1. The molecule has 0 radical (unpaired) electrons. The van der Waals surface area contributed by atoms with Gasteiger partial charge in [-0.2, -0.15) is 0 Å². The highest BCUT2D eigenvalue weighted by Gasteiger charge is 2.14. The van der Waals surface area contributed by atoms with Crippen molar-refractivity contribution in [3.8, 4) is 0 Å². The van der Waals surface area contributed by atoms with Gasteiger partial charge in [-0.15, -0.1) is 11.3 Å². The minimum atomic E-state index is -1.02. The van der Waals surface area contributed by atoms with Gasteiger partial charge in [0.05, 0.1) is 4.88 Å². The first-order chi connectivity index (χ1) is 5.16. The third-order valence-corrected chi connectivity index (χ3v) is 3.92. The first kappa shape index (κ1) is 9.16. The van der Waals surface area contributed by atoms with Gasteiger partial charge in [0, 0.05) is 11.0 Å². The highest BCUT2D eigenvalue weighted by Crippen LogP contribution is 2.33. The fraction of sp³-hybridized carbons (Fsp3) is 0.429. The summed E-state index contributed by atoms with van der Waals surface area (Å²) in [7, 11) is 0. The molecule has 62 valence electrons. The second kappa shape index (κ2) is 3.65. The molecule has 0 bridgehead atoms. The van der Waals surface area contributed by atoms with Gasteiger partial charge in [0.15, 0.2) is 0 Å². The van der Waals surface area contributed by atoms with Gasteiger partial charge >= 0.3 is 0 Å². The molecule has 0 fully saturated rings. The Morgan fingerprint density at radius 1 is 1.82 bits per heavy atom. The van der Waals surface area contributed by atoms with Crippen LogP contribution >= 0.6 is 27.3 Å². The van der Waals surface area contributed by atoms with Crippen LogP contribution in [0.15, 0.2) is 9.85 Å². The average molecular weight is 238 g/mol. The lowest BCUT2D eigenvalue weighted by molar-refractivity contribution is 0.357. The largest absolute Gasteiger partial charge is 0.327 e. The Balaban J connectivity index is 2.94. The van der Waals surface area contributed by atoms with E-state index in [0.717, 1.165) is 10.0 Å². The molecule has 1 aromatic rings. The number of hydrogen-bond acceptors (Lipinski definition) is 2. The molecule has 1 nitrogen and oxygen atoms in total. The molecule has 1 unspecified atom stereocenters. The minimum Gasteiger partial charge on any atom is -0.327 e. The molecule has 0 aliphatic carbocycles. The summed E-state index contributed by atoms with van der Waals surface area (Å²) >= 11 is 4.71. The molecule has 0 aliphatic heterocycles. The lowest BCUT2D eigenvalue weighted by Gasteiger charge is -2.01. The fourth-order valence-electron chi connectivity index (χ4n) is 0.768. The number of aryl methyl sites for hydroxylation is 1. The third kappa shape index (κ3) is 1.80. The van der Waals surface area contributed by atoms with Crippen LogP contribution in [0.5, 0.6) is 0 Å². The van der Waals surface area contributed by atoms with Crippen LogP contribution in [-0.4, -0.2) is 6.54 Å². The Morgan fingerprint density at radius 3 is 2.82 bits per heavy atom. The summed E-state index contributed by atoms with van der Waals surface area (Å²) in [5.41, 5.74) is 6.26. The van der Waals surface area contributed by atoms with Gasteiger partial charge < -0.3 is 5.73 Å². The molecule has 1 rings (SSSR count). The molecule has 0 aliphatic rings. The van der Waals surface area contributed by atoms with E-state index in [1.807, 2.05) is 12.3 Å². The van der Waals surface area contributed by atoms with Crippen LogP contribution in [0.4, 0.5) is 4.39 Å². The van der Waals surface area contributed by atoms with Crippen molar-refractivity contribution in [2.75, 3.05) is 6.54 Å². The Morgan fingerprint density at radius 2 is 2.45 bits per heavy atom. The van der Waals surface area contributed by atoms with Crippen molar-refractivity contribution in [2.24, 2.45) is 5.73 Å². The van der Waals surface area contributed by atoms with E-state index in [9.17, 15) is 4.39 Å². The highest BCUT2D eigenvalue weighted by molar-refractivity contribution is 9.10. The molecule has 11 heavy (non-hydrogen) atoms. The Bertz CT molecular complexity index is 249.